The number of nitrogens with zero attached hydrogens (tertiary/aromatic N) is 1. The van der Waals surface area contributed by atoms with E-state index in [1.165, 1.54) is 27.2 Å². The number of alkyl carbamates (subject to hydrolysis) is 1. The second-order valence-corrected chi connectivity index (χ2v) is 14.3. The number of benzene rings is 4. The highest BCUT2D eigenvalue weighted by atomic mass is 16.6. The number of aliphatic hydroxyl groups is 1. The van der Waals surface area contributed by atoms with Gasteiger partial charge in [0.05, 0.1) is 5.92 Å². The highest BCUT2D eigenvalue weighted by molar-refractivity contribution is 5.80. The van der Waals surface area contributed by atoms with Crippen molar-refractivity contribution in [2.45, 2.75) is 50.7 Å². The molecule has 2 aliphatic carbocycles. The van der Waals surface area contributed by atoms with Gasteiger partial charge in [0.25, 0.3) is 0 Å². The van der Waals surface area contributed by atoms with Crippen LogP contribution in [0.25, 0.3) is 22.3 Å². The molecule has 11 nitrogen and oxygen atoms in total. The molecule has 4 aromatic rings. The van der Waals surface area contributed by atoms with Crippen molar-refractivity contribution in [3.63, 3.8) is 0 Å². The average molecular weight is 721 g/mol. The number of carboxylic acids is 1. The first kappa shape index (κ1) is 37.1. The maximum absolute atomic E-state index is 12.6. The zero-order chi connectivity index (χ0) is 37.7. The summed E-state index contributed by atoms with van der Waals surface area (Å²) in [5.41, 5.74) is 8.54. The molecular formula is C42H44N2O9. The summed E-state index contributed by atoms with van der Waals surface area (Å²) in [6.45, 7) is 5.35. The minimum atomic E-state index is -1.09. The third-order valence-electron chi connectivity index (χ3n) is 9.73. The van der Waals surface area contributed by atoms with Crippen molar-refractivity contribution in [3.05, 3.63) is 119 Å². The van der Waals surface area contributed by atoms with Crippen molar-refractivity contribution >= 4 is 24.1 Å². The fourth-order valence-electron chi connectivity index (χ4n) is 7.32. The molecule has 0 aromatic heterocycles. The molecule has 11 heteroatoms. The Labute approximate surface area is 308 Å². The van der Waals surface area contributed by atoms with Gasteiger partial charge in [-0.15, -0.1) is 0 Å². The number of esters is 1. The van der Waals surface area contributed by atoms with E-state index in [9.17, 15) is 24.3 Å². The topological polar surface area (TPSA) is 152 Å². The molecule has 3 aliphatic rings. The molecule has 7 rings (SSSR count). The number of likely N-dealkylation sites (tertiary alicyclic amines) is 1. The number of nitrogens with one attached hydrogen (secondary N) is 1. The Balaban J connectivity index is 0.000000213. The van der Waals surface area contributed by atoms with E-state index < -0.39 is 48.3 Å². The van der Waals surface area contributed by atoms with Gasteiger partial charge in [-0.2, -0.15) is 0 Å². The second-order valence-electron chi connectivity index (χ2n) is 14.3. The lowest BCUT2D eigenvalue weighted by Crippen LogP contribution is -2.55. The van der Waals surface area contributed by atoms with Crippen molar-refractivity contribution < 1.29 is 43.6 Å². The summed E-state index contributed by atoms with van der Waals surface area (Å²) in [5.74, 6) is -2.65. The van der Waals surface area contributed by atoms with Crippen molar-refractivity contribution in [2.75, 3.05) is 32.9 Å². The Morgan fingerprint density at radius 3 is 1.57 bits per heavy atom. The number of hydrogen-bond acceptors (Lipinski definition) is 8. The fraction of sp³-hybridized carbons (Fsp3) is 0.333. The number of fused-ring (bicyclic) bond motifs is 6. The third-order valence-corrected chi connectivity index (χ3v) is 9.73. The lowest BCUT2D eigenvalue weighted by molar-refractivity contribution is -0.147. The maximum Gasteiger partial charge on any atom is 0.410 e. The van der Waals surface area contributed by atoms with Gasteiger partial charge in [-0.3, -0.25) is 4.79 Å². The smallest absolute Gasteiger partial charge is 0.410 e. The van der Waals surface area contributed by atoms with Crippen LogP contribution >= 0.6 is 0 Å². The molecule has 0 saturated carbocycles. The van der Waals surface area contributed by atoms with Gasteiger partial charge < -0.3 is 34.6 Å². The van der Waals surface area contributed by atoms with Crippen LogP contribution in [0, 0.1) is 5.92 Å². The Bertz CT molecular complexity index is 1900. The van der Waals surface area contributed by atoms with Crippen LogP contribution in [0.4, 0.5) is 9.59 Å². The van der Waals surface area contributed by atoms with Gasteiger partial charge in [0, 0.05) is 31.0 Å². The minimum Gasteiger partial charge on any atom is -0.481 e. The molecule has 1 heterocycles. The highest BCUT2D eigenvalue weighted by Gasteiger charge is 2.39. The zero-order valence-corrected chi connectivity index (χ0v) is 30.0. The number of ether oxygens (including phenoxy) is 3. The number of carboxylic acid groups (broad SMARTS) is 1. The Kier molecular flexibility index (Phi) is 11.1. The fourth-order valence-corrected chi connectivity index (χ4v) is 7.32. The number of rotatable bonds is 7. The first-order valence-corrected chi connectivity index (χ1v) is 17.7. The number of aliphatic carboxylic acids is 1. The summed E-state index contributed by atoms with van der Waals surface area (Å²) in [5, 5.41) is 21.1. The van der Waals surface area contributed by atoms with Gasteiger partial charge in [0.2, 0.25) is 0 Å². The maximum atomic E-state index is 12.6. The summed E-state index contributed by atoms with van der Waals surface area (Å²) in [6, 6.07) is 31.8. The summed E-state index contributed by atoms with van der Waals surface area (Å²) in [7, 11) is 0. The van der Waals surface area contributed by atoms with Crippen molar-refractivity contribution in [3.8, 4) is 22.3 Å². The third kappa shape index (κ3) is 8.36. The largest absolute Gasteiger partial charge is 0.481 e. The van der Waals surface area contributed by atoms with Crippen LogP contribution in [0.15, 0.2) is 97.1 Å². The van der Waals surface area contributed by atoms with E-state index in [4.69, 9.17) is 19.3 Å². The number of carbonyl (C=O) groups is 4. The molecule has 53 heavy (non-hydrogen) atoms. The normalized spacial score (nSPS) is 17.2. The molecule has 2 amide bonds. The molecule has 1 fully saturated rings. The van der Waals surface area contributed by atoms with Crippen LogP contribution in [-0.4, -0.2) is 83.8 Å². The number of hydrogen-bond donors (Lipinski definition) is 3. The van der Waals surface area contributed by atoms with Gasteiger partial charge in [-0.25, -0.2) is 14.4 Å². The molecule has 276 valence electrons. The molecule has 4 aromatic carbocycles. The van der Waals surface area contributed by atoms with Gasteiger partial charge in [0.1, 0.15) is 25.4 Å². The Hall–Kier alpha value is -5.68. The summed E-state index contributed by atoms with van der Waals surface area (Å²) in [4.78, 5) is 49.4. The molecule has 1 saturated heterocycles. The Morgan fingerprint density at radius 2 is 1.15 bits per heavy atom. The van der Waals surface area contributed by atoms with Crippen molar-refractivity contribution in [1.29, 1.82) is 0 Å². The van der Waals surface area contributed by atoms with Gasteiger partial charge >= 0.3 is 24.1 Å². The quantitative estimate of drug-likeness (QED) is 0.142. The summed E-state index contributed by atoms with van der Waals surface area (Å²) in [6.07, 6.45) is -0.928. The monoisotopic (exact) mass is 720 g/mol. The summed E-state index contributed by atoms with van der Waals surface area (Å²) >= 11 is 0. The predicted octanol–water partition coefficient (Wildman–Crippen LogP) is 6.57. The summed E-state index contributed by atoms with van der Waals surface area (Å²) < 4.78 is 16.0. The molecule has 0 spiro atoms. The molecular weight excluding hydrogens is 676 g/mol. The lowest BCUT2D eigenvalue weighted by Gasteiger charge is -2.37. The Morgan fingerprint density at radius 1 is 0.717 bits per heavy atom. The van der Waals surface area contributed by atoms with Crippen molar-refractivity contribution in [1.82, 2.24) is 10.2 Å². The molecule has 0 unspecified atom stereocenters. The molecule has 2 atom stereocenters. The SMILES string of the molecule is CC(C)(C)OC(=O)N1CC[C@H](NC(=O)OCC2c3ccccc3-c3ccccc32)[C@@H](C(=O)O)C1.O=C(CO)OCC1c2ccccc2-c2ccccc21. The number of carbonyl (C=O) groups excluding carboxylic acids is 3. The van der Waals surface area contributed by atoms with Crippen LogP contribution in [0.5, 0.6) is 0 Å². The van der Waals surface area contributed by atoms with Gasteiger partial charge in [-0.05, 0) is 71.7 Å². The van der Waals surface area contributed by atoms with E-state index in [1.807, 2.05) is 60.7 Å². The number of aliphatic hydroxyl groups excluding tert-OH is 1. The predicted molar refractivity (Wildman–Crippen MR) is 197 cm³/mol. The van der Waals surface area contributed by atoms with E-state index in [-0.39, 0.29) is 38.1 Å². The van der Waals surface area contributed by atoms with Crippen LogP contribution in [0.1, 0.15) is 61.3 Å². The first-order valence-electron chi connectivity index (χ1n) is 17.7. The highest BCUT2D eigenvalue weighted by Crippen LogP contribution is 2.45. The molecule has 3 N–H and O–H groups in total. The number of piperidine rings is 1. The zero-order valence-electron chi connectivity index (χ0n) is 30.0. The van der Waals surface area contributed by atoms with E-state index in [0.29, 0.717) is 6.42 Å². The average Bonchev–Trinajstić information content (AvgIpc) is 3.65. The standard InChI is InChI=1S/C26H30N2O6.C16H14O3/c1-26(2,3)34-25(32)28-13-12-22(20(14-28)23(29)30)27-24(31)33-15-21-18-10-6-4-8-16(18)17-9-5-7-11-19(17)21;17-9-16(18)19-10-15-13-7-3-1-5-11(13)12-6-2-4-8-14(12)15/h4-11,20-22H,12-15H2,1-3H3,(H,27,31)(H,29,30);1-8,15,17H,9-10H2/t20-,22-;/m0./s1. The van der Waals surface area contributed by atoms with E-state index in [2.05, 4.69) is 41.7 Å². The van der Waals surface area contributed by atoms with E-state index in [0.717, 1.165) is 22.3 Å². The lowest BCUT2D eigenvalue weighted by atomic mass is 9.92. The van der Waals surface area contributed by atoms with Crippen molar-refractivity contribution in [2.24, 2.45) is 5.92 Å². The second kappa shape index (κ2) is 15.9. The van der Waals surface area contributed by atoms with Crippen LogP contribution < -0.4 is 5.32 Å². The van der Waals surface area contributed by atoms with E-state index >= 15 is 0 Å². The number of amides is 2. The molecule has 0 radical (unpaired) electrons. The van der Waals surface area contributed by atoms with Crippen LogP contribution in [0.3, 0.4) is 0 Å². The van der Waals surface area contributed by atoms with Crippen LogP contribution in [0.2, 0.25) is 0 Å². The van der Waals surface area contributed by atoms with Crippen LogP contribution in [-0.2, 0) is 23.8 Å². The minimum absolute atomic E-state index is 0.0431. The molecule has 1 aliphatic heterocycles. The van der Waals surface area contributed by atoms with Gasteiger partial charge in [0.15, 0.2) is 0 Å². The van der Waals surface area contributed by atoms with E-state index in [1.54, 1.807) is 20.8 Å². The molecule has 0 bridgehead atoms. The van der Waals surface area contributed by atoms with Gasteiger partial charge in [-0.1, -0.05) is 97.1 Å². The first-order chi connectivity index (χ1) is 25.4.